The molecule has 17 heavy (non-hydrogen) atoms. The average molecular weight is 239 g/mol. The highest BCUT2D eigenvalue weighted by molar-refractivity contribution is 4.81. The number of hydrogen-bond acceptors (Lipinski definition) is 5. The Morgan fingerprint density at radius 3 is 2.76 bits per heavy atom. The maximum absolute atomic E-state index is 9.91. The van der Waals surface area contributed by atoms with Gasteiger partial charge in [-0.1, -0.05) is 12.8 Å². The van der Waals surface area contributed by atoms with Gasteiger partial charge in [0.05, 0.1) is 12.6 Å². The standard InChI is InChI=1S/C12H21N3O2/c1-9-13-14-12(17-9)8-15(2)7-10-5-3-4-6-11(10)16/h10-11,16H,3-8H2,1-2H3. The van der Waals surface area contributed by atoms with Gasteiger partial charge in [-0.2, -0.15) is 0 Å². The van der Waals surface area contributed by atoms with E-state index >= 15 is 0 Å². The van der Waals surface area contributed by atoms with Crippen LogP contribution in [0, 0.1) is 12.8 Å². The normalized spacial score (nSPS) is 25.4. The lowest BCUT2D eigenvalue weighted by Gasteiger charge is -2.30. The van der Waals surface area contributed by atoms with Crippen LogP contribution in [0.25, 0.3) is 0 Å². The molecular weight excluding hydrogens is 218 g/mol. The number of nitrogens with zero attached hydrogens (tertiary/aromatic N) is 3. The number of aliphatic hydroxyl groups is 1. The van der Waals surface area contributed by atoms with Crippen molar-refractivity contribution in [3.63, 3.8) is 0 Å². The summed E-state index contributed by atoms with van der Waals surface area (Å²) in [4.78, 5) is 2.14. The van der Waals surface area contributed by atoms with Crippen LogP contribution in [0.4, 0.5) is 0 Å². The summed E-state index contributed by atoms with van der Waals surface area (Å²) in [6.07, 6.45) is 4.31. The highest BCUT2D eigenvalue weighted by Gasteiger charge is 2.24. The van der Waals surface area contributed by atoms with E-state index in [1.165, 1.54) is 6.42 Å². The molecular formula is C12H21N3O2. The minimum Gasteiger partial charge on any atom is -0.424 e. The fraction of sp³-hybridized carbons (Fsp3) is 0.833. The Kier molecular flexibility index (Phi) is 4.12. The minimum absolute atomic E-state index is 0.143. The average Bonchev–Trinajstić information content (AvgIpc) is 2.67. The summed E-state index contributed by atoms with van der Waals surface area (Å²) in [7, 11) is 2.03. The molecule has 1 N–H and O–H groups in total. The van der Waals surface area contributed by atoms with Gasteiger partial charge in [0.2, 0.25) is 11.8 Å². The lowest BCUT2D eigenvalue weighted by atomic mass is 9.86. The molecule has 2 unspecified atom stereocenters. The lowest BCUT2D eigenvalue weighted by Crippen LogP contribution is -2.34. The molecule has 0 saturated heterocycles. The molecule has 2 atom stereocenters. The maximum Gasteiger partial charge on any atom is 0.230 e. The van der Waals surface area contributed by atoms with Gasteiger partial charge in [0.25, 0.3) is 0 Å². The van der Waals surface area contributed by atoms with E-state index in [0.29, 0.717) is 24.2 Å². The van der Waals surface area contributed by atoms with Crippen molar-refractivity contribution in [2.75, 3.05) is 13.6 Å². The van der Waals surface area contributed by atoms with Crippen LogP contribution in [0.5, 0.6) is 0 Å². The molecule has 1 aliphatic rings. The van der Waals surface area contributed by atoms with Crippen LogP contribution in [-0.4, -0.2) is 39.9 Å². The zero-order valence-electron chi connectivity index (χ0n) is 10.6. The summed E-state index contributed by atoms with van der Waals surface area (Å²) < 4.78 is 5.34. The smallest absolute Gasteiger partial charge is 0.230 e. The van der Waals surface area contributed by atoms with Gasteiger partial charge in [0.1, 0.15) is 0 Å². The first-order chi connectivity index (χ1) is 8.15. The van der Waals surface area contributed by atoms with Crippen molar-refractivity contribution >= 4 is 0 Å². The second-order valence-corrected chi connectivity index (χ2v) is 5.02. The van der Waals surface area contributed by atoms with Gasteiger partial charge < -0.3 is 9.52 Å². The van der Waals surface area contributed by atoms with Crippen molar-refractivity contribution < 1.29 is 9.52 Å². The van der Waals surface area contributed by atoms with Crippen LogP contribution >= 0.6 is 0 Å². The Hall–Kier alpha value is -0.940. The van der Waals surface area contributed by atoms with E-state index in [1.54, 1.807) is 6.92 Å². The molecule has 1 heterocycles. The molecule has 1 saturated carbocycles. The van der Waals surface area contributed by atoms with Gasteiger partial charge in [-0.05, 0) is 25.8 Å². The van der Waals surface area contributed by atoms with E-state index in [-0.39, 0.29) is 6.10 Å². The summed E-state index contributed by atoms with van der Waals surface area (Å²) in [5.74, 6) is 1.64. The molecule has 1 aliphatic carbocycles. The van der Waals surface area contributed by atoms with Crippen LogP contribution < -0.4 is 0 Å². The summed E-state index contributed by atoms with van der Waals surface area (Å²) in [5, 5.41) is 17.7. The number of rotatable bonds is 4. The highest BCUT2D eigenvalue weighted by Crippen LogP contribution is 2.25. The summed E-state index contributed by atoms with van der Waals surface area (Å²) >= 11 is 0. The quantitative estimate of drug-likeness (QED) is 0.859. The number of aryl methyl sites for hydroxylation is 1. The monoisotopic (exact) mass is 239 g/mol. The van der Waals surface area contributed by atoms with Crippen molar-refractivity contribution in [1.82, 2.24) is 15.1 Å². The SMILES string of the molecule is Cc1nnc(CN(C)CC2CCCCC2O)o1. The molecule has 1 aromatic heterocycles. The number of aliphatic hydroxyl groups excluding tert-OH is 1. The first-order valence-corrected chi connectivity index (χ1v) is 6.30. The highest BCUT2D eigenvalue weighted by atomic mass is 16.4. The Balaban J connectivity index is 1.82. The second-order valence-electron chi connectivity index (χ2n) is 5.02. The molecule has 1 aromatic rings. The van der Waals surface area contributed by atoms with E-state index in [2.05, 4.69) is 15.1 Å². The van der Waals surface area contributed by atoms with Gasteiger partial charge >= 0.3 is 0 Å². The molecule has 5 heteroatoms. The molecule has 96 valence electrons. The van der Waals surface area contributed by atoms with Crippen LogP contribution in [0.3, 0.4) is 0 Å². The van der Waals surface area contributed by atoms with E-state index in [0.717, 1.165) is 25.8 Å². The zero-order chi connectivity index (χ0) is 12.3. The first kappa shape index (κ1) is 12.5. The Labute approximate surface area is 102 Å². The fourth-order valence-electron chi connectivity index (χ4n) is 2.50. The van der Waals surface area contributed by atoms with Crippen molar-refractivity contribution in [2.24, 2.45) is 5.92 Å². The molecule has 1 fully saturated rings. The van der Waals surface area contributed by atoms with Crippen LogP contribution in [-0.2, 0) is 6.54 Å². The van der Waals surface area contributed by atoms with E-state index < -0.39 is 0 Å². The van der Waals surface area contributed by atoms with Gasteiger partial charge in [0.15, 0.2) is 0 Å². The number of aromatic nitrogens is 2. The van der Waals surface area contributed by atoms with Gasteiger partial charge in [-0.3, -0.25) is 4.90 Å². The molecule has 0 bridgehead atoms. The predicted molar refractivity (Wildman–Crippen MR) is 63.3 cm³/mol. The van der Waals surface area contributed by atoms with Gasteiger partial charge in [-0.25, -0.2) is 0 Å². The molecule has 0 amide bonds. The van der Waals surface area contributed by atoms with Gasteiger partial charge in [0, 0.05) is 13.5 Å². The molecule has 2 rings (SSSR count). The third-order valence-electron chi connectivity index (χ3n) is 3.39. The van der Waals surface area contributed by atoms with Crippen LogP contribution in [0.15, 0.2) is 4.42 Å². The van der Waals surface area contributed by atoms with Crippen LogP contribution in [0.1, 0.15) is 37.5 Å². The largest absolute Gasteiger partial charge is 0.424 e. The fourth-order valence-corrected chi connectivity index (χ4v) is 2.50. The van der Waals surface area contributed by atoms with Crippen molar-refractivity contribution in [2.45, 2.75) is 45.3 Å². The number of hydrogen-bond donors (Lipinski definition) is 1. The van der Waals surface area contributed by atoms with Crippen LogP contribution in [0.2, 0.25) is 0 Å². The predicted octanol–water partition coefficient (Wildman–Crippen LogP) is 1.36. The van der Waals surface area contributed by atoms with Crippen molar-refractivity contribution in [3.05, 3.63) is 11.8 Å². The zero-order valence-corrected chi connectivity index (χ0v) is 10.6. The molecule has 0 aromatic carbocycles. The second kappa shape index (κ2) is 5.60. The summed E-state index contributed by atoms with van der Waals surface area (Å²) in [6.45, 7) is 3.34. The topological polar surface area (TPSA) is 62.4 Å². The summed E-state index contributed by atoms with van der Waals surface area (Å²) in [6, 6.07) is 0. The molecule has 0 spiro atoms. The Morgan fingerprint density at radius 1 is 1.35 bits per heavy atom. The molecule has 0 radical (unpaired) electrons. The third-order valence-corrected chi connectivity index (χ3v) is 3.39. The van der Waals surface area contributed by atoms with Crippen molar-refractivity contribution in [1.29, 1.82) is 0 Å². The minimum atomic E-state index is -0.143. The van der Waals surface area contributed by atoms with E-state index in [1.807, 2.05) is 7.05 Å². The van der Waals surface area contributed by atoms with E-state index in [9.17, 15) is 5.11 Å². The Bertz CT molecular complexity index is 353. The van der Waals surface area contributed by atoms with Gasteiger partial charge in [-0.15, -0.1) is 10.2 Å². The Morgan fingerprint density at radius 2 is 2.12 bits per heavy atom. The van der Waals surface area contributed by atoms with Crippen molar-refractivity contribution in [3.8, 4) is 0 Å². The summed E-state index contributed by atoms with van der Waals surface area (Å²) in [5.41, 5.74) is 0. The van der Waals surface area contributed by atoms with E-state index in [4.69, 9.17) is 4.42 Å². The maximum atomic E-state index is 9.91. The molecule has 0 aliphatic heterocycles. The molecule has 5 nitrogen and oxygen atoms in total. The lowest BCUT2D eigenvalue weighted by molar-refractivity contribution is 0.0487. The third kappa shape index (κ3) is 3.51. The first-order valence-electron chi connectivity index (χ1n) is 6.30.